The molecule has 5 heteroatoms. The van der Waals surface area contributed by atoms with Crippen LogP contribution in [0.5, 0.6) is 5.75 Å². The summed E-state index contributed by atoms with van der Waals surface area (Å²) in [5, 5.41) is 0. The van der Waals surface area contributed by atoms with E-state index in [9.17, 15) is 12.8 Å². The van der Waals surface area contributed by atoms with Crippen molar-refractivity contribution >= 4 is 10.1 Å². The van der Waals surface area contributed by atoms with Crippen LogP contribution in [0.4, 0.5) is 4.39 Å². The highest BCUT2D eigenvalue weighted by Crippen LogP contribution is 2.13. The Morgan fingerprint density at radius 2 is 1.93 bits per heavy atom. The molecule has 0 amide bonds. The Kier molecular flexibility index (Phi) is 3.24. The normalized spacial score (nSPS) is 10.9. The molecule has 0 bridgehead atoms. The van der Waals surface area contributed by atoms with Gasteiger partial charge in [0.25, 0.3) is 0 Å². The third-order valence-corrected chi connectivity index (χ3v) is 2.45. The van der Waals surface area contributed by atoms with Crippen molar-refractivity contribution in [1.82, 2.24) is 0 Å². The number of benzene rings is 1. The zero-order chi connectivity index (χ0) is 10.6. The Hall–Kier alpha value is -1.36. The molecule has 0 saturated carbocycles. The highest BCUT2D eigenvalue weighted by Gasteiger charge is 2.09. The van der Waals surface area contributed by atoms with Crippen LogP contribution < -0.4 is 4.18 Å². The fourth-order valence-electron chi connectivity index (χ4n) is 0.815. The zero-order valence-corrected chi connectivity index (χ0v) is 8.13. The van der Waals surface area contributed by atoms with Gasteiger partial charge in [0.15, 0.2) is 0 Å². The molecule has 0 spiro atoms. The van der Waals surface area contributed by atoms with Gasteiger partial charge in [-0.15, -0.1) is 6.58 Å². The first-order valence-corrected chi connectivity index (χ1v) is 5.40. The molecular weight excluding hydrogens is 207 g/mol. The van der Waals surface area contributed by atoms with Gasteiger partial charge >= 0.3 is 10.1 Å². The van der Waals surface area contributed by atoms with Gasteiger partial charge in [-0.2, -0.15) is 8.42 Å². The molecule has 0 heterocycles. The summed E-state index contributed by atoms with van der Waals surface area (Å²) in [6.45, 7) is 3.28. The van der Waals surface area contributed by atoms with Crippen LogP contribution in [-0.4, -0.2) is 14.2 Å². The molecule has 0 aliphatic heterocycles. The molecular formula is C9H9FO3S. The first-order chi connectivity index (χ1) is 6.53. The van der Waals surface area contributed by atoms with E-state index in [1.165, 1.54) is 18.2 Å². The van der Waals surface area contributed by atoms with Crippen molar-refractivity contribution in [3.05, 3.63) is 42.7 Å². The smallest absolute Gasteiger partial charge is 0.312 e. The van der Waals surface area contributed by atoms with Gasteiger partial charge < -0.3 is 4.18 Å². The van der Waals surface area contributed by atoms with E-state index < -0.39 is 15.9 Å². The van der Waals surface area contributed by atoms with Gasteiger partial charge in [0.05, 0.1) is 0 Å². The molecule has 0 saturated heterocycles. The van der Waals surface area contributed by atoms with Crippen molar-refractivity contribution < 1.29 is 17.0 Å². The van der Waals surface area contributed by atoms with Gasteiger partial charge in [-0.3, -0.25) is 0 Å². The summed E-state index contributed by atoms with van der Waals surface area (Å²) in [6.07, 6.45) is 1.22. The molecule has 14 heavy (non-hydrogen) atoms. The Labute approximate surface area is 82.0 Å². The van der Waals surface area contributed by atoms with Crippen LogP contribution in [0.25, 0.3) is 0 Å². The van der Waals surface area contributed by atoms with Gasteiger partial charge in [-0.1, -0.05) is 6.08 Å². The molecule has 0 atom stereocenters. The molecule has 1 aromatic rings. The number of rotatable bonds is 4. The first-order valence-electron chi connectivity index (χ1n) is 3.82. The second kappa shape index (κ2) is 4.23. The maximum Gasteiger partial charge on any atom is 0.312 e. The van der Waals surface area contributed by atoms with E-state index in [4.69, 9.17) is 0 Å². The SMILES string of the molecule is C=CCS(=O)(=O)Oc1ccc(F)cc1. The third kappa shape index (κ3) is 3.18. The lowest BCUT2D eigenvalue weighted by Crippen LogP contribution is -2.11. The monoisotopic (exact) mass is 216 g/mol. The van der Waals surface area contributed by atoms with E-state index in [1.807, 2.05) is 0 Å². The molecule has 0 unspecified atom stereocenters. The summed E-state index contributed by atoms with van der Waals surface area (Å²) in [5.41, 5.74) is 0. The zero-order valence-electron chi connectivity index (χ0n) is 7.31. The largest absolute Gasteiger partial charge is 0.382 e. The standard InChI is InChI=1S/C9H9FO3S/c1-2-7-14(11,12)13-9-5-3-8(10)4-6-9/h2-6H,1,7H2. The Morgan fingerprint density at radius 3 is 2.43 bits per heavy atom. The molecule has 0 radical (unpaired) electrons. The molecule has 3 nitrogen and oxygen atoms in total. The van der Waals surface area contributed by atoms with E-state index in [0.717, 1.165) is 12.1 Å². The highest BCUT2D eigenvalue weighted by molar-refractivity contribution is 7.87. The van der Waals surface area contributed by atoms with E-state index in [2.05, 4.69) is 10.8 Å². The Balaban J connectivity index is 2.79. The lowest BCUT2D eigenvalue weighted by molar-refractivity contribution is 0.488. The van der Waals surface area contributed by atoms with Crippen molar-refractivity contribution in [3.63, 3.8) is 0 Å². The molecule has 0 aromatic heterocycles. The fourth-order valence-corrected chi connectivity index (χ4v) is 1.58. The molecule has 1 rings (SSSR count). The topological polar surface area (TPSA) is 43.4 Å². The van der Waals surface area contributed by atoms with E-state index in [-0.39, 0.29) is 11.5 Å². The van der Waals surface area contributed by atoms with Crippen LogP contribution in [-0.2, 0) is 10.1 Å². The quantitative estimate of drug-likeness (QED) is 0.568. The average molecular weight is 216 g/mol. The lowest BCUT2D eigenvalue weighted by Gasteiger charge is -2.03. The van der Waals surface area contributed by atoms with E-state index in [0.29, 0.717) is 0 Å². The number of halogens is 1. The van der Waals surface area contributed by atoms with Gasteiger partial charge in [0, 0.05) is 0 Å². The third-order valence-electron chi connectivity index (χ3n) is 1.36. The van der Waals surface area contributed by atoms with Crippen LogP contribution in [0.1, 0.15) is 0 Å². The van der Waals surface area contributed by atoms with Gasteiger partial charge in [0.1, 0.15) is 17.3 Å². The summed E-state index contributed by atoms with van der Waals surface area (Å²) in [5.74, 6) is -0.628. The molecule has 0 fully saturated rings. The van der Waals surface area contributed by atoms with E-state index >= 15 is 0 Å². The van der Waals surface area contributed by atoms with Crippen molar-refractivity contribution in [3.8, 4) is 5.75 Å². The summed E-state index contributed by atoms with van der Waals surface area (Å²) in [7, 11) is -3.64. The summed E-state index contributed by atoms with van der Waals surface area (Å²) < 4.78 is 39.3. The minimum absolute atomic E-state index is 0.0910. The average Bonchev–Trinajstić information content (AvgIpc) is 2.08. The first kappa shape index (κ1) is 10.7. The predicted octanol–water partition coefficient (Wildman–Crippen LogP) is 1.72. The maximum absolute atomic E-state index is 12.4. The van der Waals surface area contributed by atoms with Crippen molar-refractivity contribution in [2.24, 2.45) is 0 Å². The summed E-state index contributed by atoms with van der Waals surface area (Å²) in [4.78, 5) is 0. The predicted molar refractivity (Wildman–Crippen MR) is 51.0 cm³/mol. The van der Waals surface area contributed by atoms with Crippen LogP contribution in [0.2, 0.25) is 0 Å². The second-order valence-electron chi connectivity index (χ2n) is 2.55. The van der Waals surface area contributed by atoms with Crippen molar-refractivity contribution in [1.29, 1.82) is 0 Å². The number of hydrogen-bond donors (Lipinski definition) is 0. The second-order valence-corrected chi connectivity index (χ2v) is 4.17. The minimum Gasteiger partial charge on any atom is -0.382 e. The molecule has 0 N–H and O–H groups in total. The Morgan fingerprint density at radius 1 is 1.36 bits per heavy atom. The van der Waals surface area contributed by atoms with Crippen molar-refractivity contribution in [2.45, 2.75) is 0 Å². The summed E-state index contributed by atoms with van der Waals surface area (Å²) >= 11 is 0. The molecule has 1 aromatic carbocycles. The van der Waals surface area contributed by atoms with Gasteiger partial charge in [0.2, 0.25) is 0 Å². The van der Waals surface area contributed by atoms with Crippen LogP contribution in [0.3, 0.4) is 0 Å². The molecule has 0 aliphatic carbocycles. The van der Waals surface area contributed by atoms with Crippen LogP contribution in [0.15, 0.2) is 36.9 Å². The molecule has 76 valence electrons. The maximum atomic E-state index is 12.4. The van der Waals surface area contributed by atoms with Gasteiger partial charge in [-0.05, 0) is 24.3 Å². The number of hydrogen-bond acceptors (Lipinski definition) is 3. The fraction of sp³-hybridized carbons (Fsp3) is 0.111. The van der Waals surface area contributed by atoms with E-state index in [1.54, 1.807) is 0 Å². The van der Waals surface area contributed by atoms with Crippen LogP contribution in [0, 0.1) is 5.82 Å². The highest BCUT2D eigenvalue weighted by atomic mass is 32.2. The minimum atomic E-state index is -3.64. The van der Waals surface area contributed by atoms with Gasteiger partial charge in [-0.25, -0.2) is 4.39 Å². The summed E-state index contributed by atoms with van der Waals surface area (Å²) in [6, 6.07) is 4.74. The van der Waals surface area contributed by atoms with Crippen molar-refractivity contribution in [2.75, 3.05) is 5.75 Å². The Bertz CT molecular complexity index is 408. The molecule has 0 aliphatic rings. The lowest BCUT2D eigenvalue weighted by atomic mass is 10.3. The van der Waals surface area contributed by atoms with Crippen LogP contribution >= 0.6 is 0 Å².